The van der Waals surface area contributed by atoms with Crippen molar-refractivity contribution in [1.29, 1.82) is 0 Å². The molecule has 0 saturated carbocycles. The number of nitrogens with zero attached hydrogens (tertiary/aromatic N) is 2. The highest BCUT2D eigenvalue weighted by Gasteiger charge is 2.19. The van der Waals surface area contributed by atoms with Crippen LogP contribution in [0.15, 0.2) is 55.0 Å². The van der Waals surface area contributed by atoms with Gasteiger partial charge in [-0.25, -0.2) is 4.98 Å². The van der Waals surface area contributed by atoms with Crippen LogP contribution in [0.3, 0.4) is 0 Å². The molecule has 4 aromatic rings. The van der Waals surface area contributed by atoms with Crippen LogP contribution in [0, 0.1) is 0 Å². The topological polar surface area (TPSA) is 106 Å². The number of fused-ring (bicyclic) bond motifs is 1. The molecule has 1 saturated heterocycles. The maximum absolute atomic E-state index is 12.9. The van der Waals surface area contributed by atoms with Crippen LogP contribution in [-0.2, 0) is 4.74 Å². The standard InChI is InChI=1S/C24H24ClN5O3/c25-17-3-1-2-15(8-17)22(14-31)29-24(32)21-9-16(11-26-21)20-13-28-23-19(20)10-18(12-27-23)30-4-6-33-7-5-30/h1-3,8-13,22,26,31H,4-7,14H2,(H,27,28)(H,29,32). The zero-order chi connectivity index (χ0) is 22.8. The number of aliphatic hydroxyl groups excluding tert-OH is 1. The van der Waals surface area contributed by atoms with Gasteiger partial charge >= 0.3 is 0 Å². The van der Waals surface area contributed by atoms with Crippen LogP contribution in [0.4, 0.5) is 5.69 Å². The van der Waals surface area contributed by atoms with Gasteiger partial charge in [-0.3, -0.25) is 4.79 Å². The lowest BCUT2D eigenvalue weighted by atomic mass is 10.1. The molecule has 1 aliphatic heterocycles. The molecule has 4 heterocycles. The van der Waals surface area contributed by atoms with Gasteiger partial charge < -0.3 is 30.0 Å². The van der Waals surface area contributed by atoms with Gasteiger partial charge in [0, 0.05) is 47.0 Å². The highest BCUT2D eigenvalue weighted by atomic mass is 35.5. The number of aromatic amines is 2. The number of H-pyrrole nitrogens is 2. The fourth-order valence-corrected chi connectivity index (χ4v) is 4.30. The number of ether oxygens (including phenoxy) is 1. The Kier molecular flexibility index (Phi) is 6.04. The molecule has 0 radical (unpaired) electrons. The molecule has 0 bridgehead atoms. The molecule has 1 aromatic carbocycles. The van der Waals surface area contributed by atoms with E-state index in [2.05, 4.69) is 31.2 Å². The van der Waals surface area contributed by atoms with Crippen molar-refractivity contribution in [3.05, 3.63) is 71.3 Å². The molecule has 1 aliphatic rings. The van der Waals surface area contributed by atoms with E-state index < -0.39 is 6.04 Å². The third kappa shape index (κ3) is 4.45. The SMILES string of the molecule is O=C(NC(CO)c1cccc(Cl)c1)c1cc(-c2c[nH]c3ncc(N4CCOCC4)cc23)c[nH]1. The number of benzene rings is 1. The third-order valence-electron chi connectivity index (χ3n) is 5.87. The van der Waals surface area contributed by atoms with Gasteiger partial charge in [0.25, 0.3) is 5.91 Å². The molecule has 4 N–H and O–H groups in total. The van der Waals surface area contributed by atoms with E-state index >= 15 is 0 Å². The molecule has 170 valence electrons. The molecule has 1 unspecified atom stereocenters. The number of carbonyl (C=O) groups excluding carboxylic acids is 1. The Morgan fingerprint density at radius 2 is 2.06 bits per heavy atom. The summed E-state index contributed by atoms with van der Waals surface area (Å²) in [5, 5.41) is 14.2. The van der Waals surface area contributed by atoms with Crippen molar-refractivity contribution in [2.75, 3.05) is 37.8 Å². The summed E-state index contributed by atoms with van der Waals surface area (Å²) < 4.78 is 5.45. The largest absolute Gasteiger partial charge is 0.394 e. The number of nitrogens with one attached hydrogen (secondary N) is 3. The highest BCUT2D eigenvalue weighted by molar-refractivity contribution is 6.30. The minimum Gasteiger partial charge on any atom is -0.394 e. The van der Waals surface area contributed by atoms with E-state index in [4.69, 9.17) is 16.3 Å². The number of pyridine rings is 1. The van der Waals surface area contributed by atoms with E-state index in [1.165, 1.54) is 0 Å². The van der Waals surface area contributed by atoms with Crippen molar-refractivity contribution >= 4 is 34.2 Å². The first-order chi connectivity index (χ1) is 16.1. The Balaban J connectivity index is 1.38. The minimum absolute atomic E-state index is 0.238. The lowest BCUT2D eigenvalue weighted by Crippen LogP contribution is -2.36. The molecular formula is C24H24ClN5O3. The normalized spacial score (nSPS) is 15.0. The second-order valence-corrected chi connectivity index (χ2v) is 8.39. The summed E-state index contributed by atoms with van der Waals surface area (Å²) in [7, 11) is 0. The van der Waals surface area contributed by atoms with Crippen LogP contribution in [0.5, 0.6) is 0 Å². The number of aromatic nitrogens is 3. The summed E-state index contributed by atoms with van der Waals surface area (Å²) >= 11 is 6.05. The van der Waals surface area contributed by atoms with E-state index in [9.17, 15) is 9.90 Å². The second kappa shape index (κ2) is 9.27. The first-order valence-corrected chi connectivity index (χ1v) is 11.2. The van der Waals surface area contributed by atoms with Crippen LogP contribution < -0.4 is 10.2 Å². The average Bonchev–Trinajstić information content (AvgIpc) is 3.50. The Labute approximate surface area is 195 Å². The van der Waals surface area contributed by atoms with Crippen molar-refractivity contribution in [3.63, 3.8) is 0 Å². The van der Waals surface area contributed by atoms with Crippen LogP contribution >= 0.6 is 11.6 Å². The third-order valence-corrected chi connectivity index (χ3v) is 6.11. The Hall–Kier alpha value is -3.33. The molecule has 1 atom stereocenters. The highest BCUT2D eigenvalue weighted by Crippen LogP contribution is 2.31. The summed E-state index contributed by atoms with van der Waals surface area (Å²) in [6.45, 7) is 2.84. The molecule has 9 heteroatoms. The lowest BCUT2D eigenvalue weighted by Gasteiger charge is -2.28. The van der Waals surface area contributed by atoms with Crippen LogP contribution in [0.2, 0.25) is 5.02 Å². The zero-order valence-electron chi connectivity index (χ0n) is 17.8. The molecule has 8 nitrogen and oxygen atoms in total. The summed E-state index contributed by atoms with van der Waals surface area (Å²) in [5.74, 6) is -0.313. The quantitative estimate of drug-likeness (QED) is 0.348. The fraction of sp³-hybridized carbons (Fsp3) is 0.250. The summed E-state index contributed by atoms with van der Waals surface area (Å²) in [4.78, 5) is 25.9. The summed E-state index contributed by atoms with van der Waals surface area (Å²) in [5.41, 5.74) is 4.80. The van der Waals surface area contributed by atoms with Gasteiger partial charge in [-0.2, -0.15) is 0 Å². The Bertz CT molecular complexity index is 1280. The van der Waals surface area contributed by atoms with E-state index in [0.29, 0.717) is 23.9 Å². The number of morpholine rings is 1. The lowest BCUT2D eigenvalue weighted by molar-refractivity contribution is 0.0911. The Morgan fingerprint density at radius 3 is 2.85 bits per heavy atom. The predicted molar refractivity (Wildman–Crippen MR) is 128 cm³/mol. The molecule has 5 rings (SSSR count). The van der Waals surface area contributed by atoms with Crippen LogP contribution in [0.1, 0.15) is 22.1 Å². The van der Waals surface area contributed by atoms with Crippen molar-refractivity contribution in [1.82, 2.24) is 20.3 Å². The molecule has 3 aromatic heterocycles. The maximum Gasteiger partial charge on any atom is 0.268 e. The number of amides is 1. The molecular weight excluding hydrogens is 442 g/mol. The van der Waals surface area contributed by atoms with Crippen molar-refractivity contribution in [3.8, 4) is 11.1 Å². The number of carbonyl (C=O) groups is 1. The van der Waals surface area contributed by atoms with Crippen molar-refractivity contribution in [2.45, 2.75) is 6.04 Å². The van der Waals surface area contributed by atoms with Crippen molar-refractivity contribution in [2.24, 2.45) is 0 Å². The molecule has 33 heavy (non-hydrogen) atoms. The van der Waals surface area contributed by atoms with Crippen molar-refractivity contribution < 1.29 is 14.6 Å². The van der Waals surface area contributed by atoms with E-state index in [1.54, 1.807) is 30.5 Å². The number of rotatable bonds is 6. The number of hydrogen-bond acceptors (Lipinski definition) is 5. The molecule has 1 amide bonds. The summed E-state index contributed by atoms with van der Waals surface area (Å²) in [6, 6.07) is 10.4. The van der Waals surface area contributed by atoms with E-state index in [-0.39, 0.29) is 12.5 Å². The maximum atomic E-state index is 12.9. The molecule has 0 aliphatic carbocycles. The second-order valence-electron chi connectivity index (χ2n) is 7.96. The van der Waals surface area contributed by atoms with Crippen LogP contribution in [0.25, 0.3) is 22.2 Å². The number of aliphatic hydroxyl groups is 1. The Morgan fingerprint density at radius 1 is 1.21 bits per heavy atom. The summed E-state index contributed by atoms with van der Waals surface area (Å²) in [6.07, 6.45) is 5.56. The zero-order valence-corrected chi connectivity index (χ0v) is 18.6. The van der Waals surface area contributed by atoms with Gasteiger partial charge in [0.1, 0.15) is 11.3 Å². The average molecular weight is 466 g/mol. The monoisotopic (exact) mass is 465 g/mol. The number of hydrogen-bond donors (Lipinski definition) is 4. The fourth-order valence-electron chi connectivity index (χ4n) is 4.10. The number of anilines is 1. The first-order valence-electron chi connectivity index (χ1n) is 10.8. The molecule has 0 spiro atoms. The van der Waals surface area contributed by atoms with Gasteiger partial charge in [-0.05, 0) is 29.8 Å². The van der Waals surface area contributed by atoms with Gasteiger partial charge in [0.15, 0.2) is 0 Å². The number of halogens is 1. The van der Waals surface area contributed by atoms with Gasteiger partial charge in [-0.15, -0.1) is 0 Å². The van der Waals surface area contributed by atoms with Gasteiger partial charge in [0.05, 0.1) is 37.7 Å². The van der Waals surface area contributed by atoms with Gasteiger partial charge in [-0.1, -0.05) is 23.7 Å². The predicted octanol–water partition coefficient (Wildman–Crippen LogP) is 3.51. The smallest absolute Gasteiger partial charge is 0.268 e. The first kappa shape index (κ1) is 21.5. The molecule has 1 fully saturated rings. The van der Waals surface area contributed by atoms with Crippen LogP contribution in [-0.4, -0.2) is 58.9 Å². The van der Waals surface area contributed by atoms with E-state index in [0.717, 1.165) is 46.5 Å². The minimum atomic E-state index is -0.559. The van der Waals surface area contributed by atoms with Gasteiger partial charge in [0.2, 0.25) is 0 Å². The van der Waals surface area contributed by atoms with E-state index in [1.807, 2.05) is 18.5 Å².